The van der Waals surface area contributed by atoms with Crippen LogP contribution >= 0.6 is 0 Å². The second-order valence-corrected chi connectivity index (χ2v) is 6.48. The average Bonchev–Trinajstić information content (AvgIpc) is 2.76. The predicted molar refractivity (Wildman–Crippen MR) is 110 cm³/mol. The fourth-order valence-electron chi connectivity index (χ4n) is 2.63. The van der Waals surface area contributed by atoms with Gasteiger partial charge >= 0.3 is 5.97 Å². The Labute approximate surface area is 175 Å². The lowest BCUT2D eigenvalue weighted by atomic mass is 10.1. The van der Waals surface area contributed by atoms with Gasteiger partial charge in [0.15, 0.2) is 17.6 Å². The van der Waals surface area contributed by atoms with Gasteiger partial charge in [-0.1, -0.05) is 36.4 Å². The van der Waals surface area contributed by atoms with Gasteiger partial charge in [-0.15, -0.1) is 0 Å². The molecule has 2 aromatic rings. The molecule has 0 aromatic heterocycles. The van der Waals surface area contributed by atoms with Gasteiger partial charge in [0.25, 0.3) is 5.91 Å². The Morgan fingerprint density at radius 3 is 2.27 bits per heavy atom. The Bertz CT molecular complexity index is 869. The molecule has 1 unspecified atom stereocenters. The monoisotopic (exact) mass is 414 g/mol. The number of methoxy groups -OCH3 is 2. The Balaban J connectivity index is 1.74. The molecular formula is C22H26N2O6. The van der Waals surface area contributed by atoms with E-state index in [-0.39, 0.29) is 25.4 Å². The largest absolute Gasteiger partial charge is 0.493 e. The number of carbonyl (C=O) groups excluding carboxylic acids is 3. The van der Waals surface area contributed by atoms with Crippen molar-refractivity contribution in [1.82, 2.24) is 10.6 Å². The van der Waals surface area contributed by atoms with E-state index in [2.05, 4.69) is 10.6 Å². The summed E-state index contributed by atoms with van der Waals surface area (Å²) in [4.78, 5) is 35.9. The number of nitrogens with one attached hydrogen (secondary N) is 2. The normalized spacial score (nSPS) is 11.2. The first kappa shape index (κ1) is 22.7. The van der Waals surface area contributed by atoms with Gasteiger partial charge in [0, 0.05) is 6.54 Å². The van der Waals surface area contributed by atoms with Crippen molar-refractivity contribution < 1.29 is 28.6 Å². The molecule has 0 radical (unpaired) electrons. The SMILES string of the molecule is COc1ccc(CNC(=O)C(C)OC(=O)CNC(=O)Cc2ccccc2)cc1OC. The fraction of sp³-hybridized carbons (Fsp3) is 0.318. The molecule has 2 N–H and O–H groups in total. The molecule has 0 heterocycles. The van der Waals surface area contributed by atoms with E-state index in [0.29, 0.717) is 11.5 Å². The van der Waals surface area contributed by atoms with Crippen LogP contribution in [0.2, 0.25) is 0 Å². The summed E-state index contributed by atoms with van der Waals surface area (Å²) in [6.07, 6.45) is -0.834. The number of hydrogen-bond donors (Lipinski definition) is 2. The zero-order chi connectivity index (χ0) is 21.9. The number of hydrogen-bond acceptors (Lipinski definition) is 6. The molecule has 1 atom stereocenters. The summed E-state index contributed by atoms with van der Waals surface area (Å²) < 4.78 is 15.5. The van der Waals surface area contributed by atoms with Gasteiger partial charge < -0.3 is 24.8 Å². The quantitative estimate of drug-likeness (QED) is 0.573. The van der Waals surface area contributed by atoms with Crippen LogP contribution in [0.1, 0.15) is 18.1 Å². The molecular weight excluding hydrogens is 388 g/mol. The topological polar surface area (TPSA) is 103 Å². The molecule has 0 saturated carbocycles. The van der Waals surface area contributed by atoms with Crippen molar-refractivity contribution in [3.63, 3.8) is 0 Å². The summed E-state index contributed by atoms with van der Waals surface area (Å²) in [6.45, 7) is 1.39. The molecule has 160 valence electrons. The van der Waals surface area contributed by atoms with Crippen LogP contribution in [0.3, 0.4) is 0 Å². The van der Waals surface area contributed by atoms with E-state index in [1.807, 2.05) is 30.3 Å². The molecule has 8 nitrogen and oxygen atoms in total. The van der Waals surface area contributed by atoms with Crippen LogP contribution in [0.4, 0.5) is 0 Å². The van der Waals surface area contributed by atoms with Crippen LogP contribution in [0.5, 0.6) is 11.5 Å². The van der Waals surface area contributed by atoms with Gasteiger partial charge in [-0.3, -0.25) is 14.4 Å². The van der Waals surface area contributed by atoms with Crippen LogP contribution < -0.4 is 20.1 Å². The lowest BCUT2D eigenvalue weighted by Crippen LogP contribution is -2.38. The van der Waals surface area contributed by atoms with E-state index in [1.165, 1.54) is 14.0 Å². The molecule has 0 saturated heterocycles. The van der Waals surface area contributed by atoms with Crippen LogP contribution in [0.25, 0.3) is 0 Å². The highest BCUT2D eigenvalue weighted by atomic mass is 16.5. The third kappa shape index (κ3) is 7.12. The van der Waals surface area contributed by atoms with E-state index in [4.69, 9.17) is 14.2 Å². The molecule has 2 amide bonds. The molecule has 0 bridgehead atoms. The van der Waals surface area contributed by atoms with Crippen molar-refractivity contribution >= 4 is 17.8 Å². The van der Waals surface area contributed by atoms with Crippen LogP contribution in [0, 0.1) is 0 Å². The fourth-order valence-corrected chi connectivity index (χ4v) is 2.63. The van der Waals surface area contributed by atoms with E-state index in [0.717, 1.165) is 11.1 Å². The first-order chi connectivity index (χ1) is 14.4. The molecule has 0 aliphatic rings. The molecule has 30 heavy (non-hydrogen) atoms. The van der Waals surface area contributed by atoms with E-state index in [9.17, 15) is 14.4 Å². The smallest absolute Gasteiger partial charge is 0.326 e. The summed E-state index contributed by atoms with van der Waals surface area (Å²) in [7, 11) is 3.07. The number of esters is 1. The summed E-state index contributed by atoms with van der Waals surface area (Å²) in [5.41, 5.74) is 1.64. The number of ether oxygens (including phenoxy) is 3. The van der Waals surface area contributed by atoms with Crippen molar-refractivity contribution in [3.05, 3.63) is 59.7 Å². The number of carbonyl (C=O) groups is 3. The maximum absolute atomic E-state index is 12.2. The highest BCUT2D eigenvalue weighted by Gasteiger charge is 2.18. The lowest BCUT2D eigenvalue weighted by Gasteiger charge is -2.14. The van der Waals surface area contributed by atoms with Crippen LogP contribution in [-0.2, 0) is 32.1 Å². The zero-order valence-corrected chi connectivity index (χ0v) is 17.3. The maximum atomic E-state index is 12.2. The van der Waals surface area contributed by atoms with E-state index in [1.54, 1.807) is 25.3 Å². The lowest BCUT2D eigenvalue weighted by molar-refractivity contribution is -0.154. The van der Waals surface area contributed by atoms with Crippen LogP contribution in [0.15, 0.2) is 48.5 Å². The molecule has 8 heteroatoms. The number of benzene rings is 2. The van der Waals surface area contributed by atoms with Gasteiger partial charge in [-0.05, 0) is 30.2 Å². The minimum Gasteiger partial charge on any atom is -0.493 e. The zero-order valence-electron chi connectivity index (χ0n) is 17.3. The van der Waals surface area contributed by atoms with Gasteiger partial charge in [0.1, 0.15) is 6.54 Å². The van der Waals surface area contributed by atoms with Crippen molar-refractivity contribution in [2.24, 2.45) is 0 Å². The second-order valence-electron chi connectivity index (χ2n) is 6.48. The van der Waals surface area contributed by atoms with Crippen molar-refractivity contribution in [3.8, 4) is 11.5 Å². The maximum Gasteiger partial charge on any atom is 0.326 e. The van der Waals surface area contributed by atoms with E-state index < -0.39 is 18.0 Å². The second kappa shape index (κ2) is 11.5. The number of amides is 2. The Morgan fingerprint density at radius 2 is 1.60 bits per heavy atom. The summed E-state index contributed by atoms with van der Waals surface area (Å²) in [6, 6.07) is 14.4. The number of rotatable bonds is 10. The predicted octanol–water partition coefficient (Wildman–Crippen LogP) is 1.61. The summed E-state index contributed by atoms with van der Waals surface area (Å²) in [5.74, 6) is -0.304. The standard InChI is InChI=1S/C22H26N2O6/c1-15(22(27)24-13-17-9-10-18(28-2)19(11-17)29-3)30-21(26)14-23-20(25)12-16-7-5-4-6-8-16/h4-11,15H,12-14H2,1-3H3,(H,23,25)(H,24,27). The highest BCUT2D eigenvalue weighted by molar-refractivity contribution is 5.86. The van der Waals surface area contributed by atoms with E-state index >= 15 is 0 Å². The molecule has 0 aliphatic carbocycles. The summed E-state index contributed by atoms with van der Waals surface area (Å²) in [5, 5.41) is 5.18. The Kier molecular flexibility index (Phi) is 8.68. The van der Waals surface area contributed by atoms with Crippen molar-refractivity contribution in [2.45, 2.75) is 26.0 Å². The molecule has 0 fully saturated rings. The first-order valence-corrected chi connectivity index (χ1v) is 9.41. The molecule has 0 spiro atoms. The van der Waals surface area contributed by atoms with Gasteiger partial charge in [-0.2, -0.15) is 0 Å². The Morgan fingerprint density at radius 1 is 0.900 bits per heavy atom. The van der Waals surface area contributed by atoms with Gasteiger partial charge in [0.2, 0.25) is 5.91 Å². The third-order valence-electron chi connectivity index (χ3n) is 4.23. The summed E-state index contributed by atoms with van der Waals surface area (Å²) >= 11 is 0. The molecule has 2 aromatic carbocycles. The van der Waals surface area contributed by atoms with Crippen molar-refractivity contribution in [1.29, 1.82) is 0 Å². The minimum absolute atomic E-state index is 0.162. The van der Waals surface area contributed by atoms with Crippen molar-refractivity contribution in [2.75, 3.05) is 20.8 Å². The Hall–Kier alpha value is -3.55. The average molecular weight is 414 g/mol. The van der Waals surface area contributed by atoms with Gasteiger partial charge in [-0.25, -0.2) is 0 Å². The molecule has 2 rings (SSSR count). The van der Waals surface area contributed by atoms with Crippen LogP contribution in [-0.4, -0.2) is 44.7 Å². The third-order valence-corrected chi connectivity index (χ3v) is 4.23. The first-order valence-electron chi connectivity index (χ1n) is 9.41. The minimum atomic E-state index is -0.997. The molecule has 0 aliphatic heterocycles. The van der Waals surface area contributed by atoms with Gasteiger partial charge in [0.05, 0.1) is 20.6 Å². The highest BCUT2D eigenvalue weighted by Crippen LogP contribution is 2.27.